The standard InChI is InChI=1S/C30H35FN3O11P/c1-19(2)42-26(36)20(3)33-46(39,45-22-13-9-6-10-14-22)41-18-23-25(44-29(38)40-17-21-11-7-5-8-12-21)30(4,31)27(43-23)34-16-15-24(35)32-28(34)37/h5-16,19-20,23,25,27H,17-18H2,1-4H3,(H,33,39)(H,32,35,37)/t20-,23+,25+,27+,30+,46?/m0/s1. The number of ether oxygens (including phenoxy) is 4. The van der Waals surface area contributed by atoms with Crippen molar-refractivity contribution in [3.8, 4) is 5.75 Å². The number of aromatic nitrogens is 2. The number of carbonyl (C=O) groups is 2. The van der Waals surface area contributed by atoms with Crippen LogP contribution in [0.25, 0.3) is 0 Å². The van der Waals surface area contributed by atoms with Gasteiger partial charge in [0.15, 0.2) is 18.0 Å². The molecule has 0 amide bonds. The summed E-state index contributed by atoms with van der Waals surface area (Å²) >= 11 is 0. The summed E-state index contributed by atoms with van der Waals surface area (Å²) in [7, 11) is -4.45. The number of nitrogens with zero attached hydrogens (tertiary/aromatic N) is 1. The molecule has 4 rings (SSSR count). The highest BCUT2D eigenvalue weighted by Gasteiger charge is 2.59. The lowest BCUT2D eigenvalue weighted by molar-refractivity contribution is -0.149. The van der Waals surface area contributed by atoms with E-state index in [-0.39, 0.29) is 12.4 Å². The quantitative estimate of drug-likeness (QED) is 0.199. The molecule has 2 heterocycles. The van der Waals surface area contributed by atoms with Crippen LogP contribution in [0.15, 0.2) is 82.5 Å². The second-order valence-corrected chi connectivity index (χ2v) is 12.5. The number of halogens is 1. The van der Waals surface area contributed by atoms with Crippen LogP contribution in [0.1, 0.15) is 39.5 Å². The minimum atomic E-state index is -4.45. The van der Waals surface area contributed by atoms with Crippen molar-refractivity contribution in [3.63, 3.8) is 0 Å². The normalized spacial score (nSPS) is 22.9. The first kappa shape index (κ1) is 34.6. The number of esters is 1. The van der Waals surface area contributed by atoms with Crippen LogP contribution < -0.4 is 20.9 Å². The molecule has 0 radical (unpaired) electrons. The minimum absolute atomic E-state index is 0.111. The molecular formula is C30H35FN3O11P. The Bertz CT molecular complexity index is 1650. The number of hydrogen-bond acceptors (Lipinski definition) is 11. The Hall–Kier alpha value is -4.30. The molecule has 1 aliphatic rings. The van der Waals surface area contributed by atoms with Crippen LogP contribution in [0.5, 0.6) is 5.75 Å². The highest BCUT2D eigenvalue weighted by Crippen LogP contribution is 2.48. The fourth-order valence-corrected chi connectivity index (χ4v) is 6.00. The molecule has 16 heteroatoms. The minimum Gasteiger partial charge on any atom is -0.462 e. The van der Waals surface area contributed by atoms with E-state index < -0.39 is 74.0 Å². The van der Waals surface area contributed by atoms with Crippen molar-refractivity contribution in [1.82, 2.24) is 14.6 Å². The van der Waals surface area contributed by atoms with Crippen molar-refractivity contribution < 1.29 is 46.5 Å². The number of nitrogens with one attached hydrogen (secondary N) is 2. The fourth-order valence-electron chi connectivity index (χ4n) is 4.50. The van der Waals surface area contributed by atoms with Gasteiger partial charge in [0.1, 0.15) is 24.5 Å². The number of hydrogen-bond donors (Lipinski definition) is 2. The number of benzene rings is 2. The Labute approximate surface area is 263 Å². The van der Waals surface area contributed by atoms with Gasteiger partial charge in [-0.1, -0.05) is 48.5 Å². The van der Waals surface area contributed by atoms with Crippen molar-refractivity contribution in [1.29, 1.82) is 0 Å². The van der Waals surface area contributed by atoms with Gasteiger partial charge in [-0.15, -0.1) is 0 Å². The number of alkyl halides is 1. The zero-order chi connectivity index (χ0) is 33.5. The van der Waals surface area contributed by atoms with Crippen LogP contribution in [0.2, 0.25) is 0 Å². The Morgan fingerprint density at radius 3 is 2.35 bits per heavy atom. The monoisotopic (exact) mass is 663 g/mol. The van der Waals surface area contributed by atoms with Crippen molar-refractivity contribution in [2.45, 2.75) is 70.6 Å². The Balaban J connectivity index is 1.60. The van der Waals surface area contributed by atoms with Gasteiger partial charge < -0.3 is 23.5 Å². The molecule has 0 aliphatic carbocycles. The van der Waals surface area contributed by atoms with Crippen molar-refractivity contribution in [3.05, 3.63) is 99.3 Å². The lowest BCUT2D eigenvalue weighted by atomic mass is 9.98. The van der Waals surface area contributed by atoms with Crippen LogP contribution in [0, 0.1) is 0 Å². The number of carbonyl (C=O) groups excluding carboxylic acids is 2. The maximum atomic E-state index is 16.5. The molecule has 1 saturated heterocycles. The molecule has 1 unspecified atom stereocenters. The highest BCUT2D eigenvalue weighted by atomic mass is 31.2. The Morgan fingerprint density at radius 1 is 1.07 bits per heavy atom. The average Bonchev–Trinajstić information content (AvgIpc) is 3.24. The van der Waals surface area contributed by atoms with Crippen LogP contribution in [0.3, 0.4) is 0 Å². The summed E-state index contributed by atoms with van der Waals surface area (Å²) < 4.78 is 64.1. The van der Waals surface area contributed by atoms with Crippen LogP contribution >= 0.6 is 7.75 Å². The van der Waals surface area contributed by atoms with Gasteiger partial charge in [0.2, 0.25) is 0 Å². The predicted octanol–water partition coefficient (Wildman–Crippen LogP) is 4.02. The first-order valence-corrected chi connectivity index (χ1v) is 15.8. The predicted molar refractivity (Wildman–Crippen MR) is 161 cm³/mol. The van der Waals surface area contributed by atoms with E-state index in [1.807, 2.05) is 4.98 Å². The van der Waals surface area contributed by atoms with Gasteiger partial charge in [-0.25, -0.2) is 18.5 Å². The van der Waals surface area contributed by atoms with Crippen LogP contribution in [0.4, 0.5) is 9.18 Å². The van der Waals surface area contributed by atoms with E-state index in [1.165, 1.54) is 19.1 Å². The molecule has 1 aromatic heterocycles. The van der Waals surface area contributed by atoms with Gasteiger partial charge in [0.05, 0.1) is 12.7 Å². The van der Waals surface area contributed by atoms with Gasteiger partial charge in [0.25, 0.3) is 5.56 Å². The number of rotatable bonds is 13. The molecule has 0 saturated carbocycles. The lowest BCUT2D eigenvalue weighted by Gasteiger charge is -2.28. The first-order chi connectivity index (χ1) is 21.8. The maximum absolute atomic E-state index is 16.5. The third-order valence-electron chi connectivity index (χ3n) is 6.64. The molecule has 46 heavy (non-hydrogen) atoms. The average molecular weight is 664 g/mol. The van der Waals surface area contributed by atoms with Crippen LogP contribution in [-0.4, -0.2) is 58.3 Å². The van der Waals surface area contributed by atoms with Gasteiger partial charge in [-0.2, -0.15) is 5.09 Å². The molecule has 6 atom stereocenters. The molecule has 0 bridgehead atoms. The summed E-state index contributed by atoms with van der Waals surface area (Å²) in [5.41, 5.74) is -3.70. The van der Waals surface area contributed by atoms with E-state index >= 15 is 4.39 Å². The summed E-state index contributed by atoms with van der Waals surface area (Å²) in [5, 5.41) is 2.50. The summed E-state index contributed by atoms with van der Waals surface area (Å²) in [6.07, 6.45) is -5.73. The number of H-pyrrole nitrogens is 1. The van der Waals surface area contributed by atoms with Gasteiger partial charge in [-0.05, 0) is 45.4 Å². The SMILES string of the molecule is CC(C)OC(=O)[C@H](C)NP(=O)(OC[C@H]1O[C@@H](n2ccc(=O)[nH]c2=O)[C@](C)(F)[C@@H]1OC(=O)OCc1ccccc1)Oc1ccccc1. The molecule has 2 N–H and O–H groups in total. The summed E-state index contributed by atoms with van der Waals surface area (Å²) in [4.78, 5) is 51.5. The summed E-state index contributed by atoms with van der Waals surface area (Å²) in [6.45, 7) is 4.77. The topological polar surface area (TPSA) is 173 Å². The lowest BCUT2D eigenvalue weighted by Crippen LogP contribution is -2.46. The second-order valence-electron chi connectivity index (χ2n) is 10.8. The highest BCUT2D eigenvalue weighted by molar-refractivity contribution is 7.52. The Morgan fingerprint density at radius 2 is 1.72 bits per heavy atom. The van der Waals surface area contributed by atoms with E-state index in [0.717, 1.165) is 23.8 Å². The maximum Gasteiger partial charge on any atom is 0.509 e. The molecule has 1 aliphatic heterocycles. The molecule has 0 spiro atoms. The molecule has 14 nitrogen and oxygen atoms in total. The fraction of sp³-hybridized carbons (Fsp3) is 0.400. The largest absolute Gasteiger partial charge is 0.509 e. The van der Waals surface area contributed by atoms with E-state index in [0.29, 0.717) is 5.56 Å². The Kier molecular flexibility index (Phi) is 11.2. The second kappa shape index (κ2) is 14.9. The smallest absolute Gasteiger partial charge is 0.462 e. The number of para-hydroxylation sites is 1. The van der Waals surface area contributed by atoms with Crippen molar-refractivity contribution >= 4 is 19.9 Å². The molecular weight excluding hydrogens is 628 g/mol. The van der Waals surface area contributed by atoms with Gasteiger partial charge >= 0.3 is 25.6 Å². The van der Waals surface area contributed by atoms with E-state index in [2.05, 4.69) is 5.09 Å². The first-order valence-electron chi connectivity index (χ1n) is 14.3. The molecule has 248 valence electrons. The summed E-state index contributed by atoms with van der Waals surface area (Å²) in [6, 6.07) is 16.4. The van der Waals surface area contributed by atoms with Crippen molar-refractivity contribution in [2.75, 3.05) is 6.61 Å². The molecule has 2 aromatic carbocycles. The van der Waals surface area contributed by atoms with Gasteiger partial charge in [-0.3, -0.25) is 23.7 Å². The molecule has 3 aromatic rings. The summed E-state index contributed by atoms with van der Waals surface area (Å²) in [5.74, 6) is -0.635. The zero-order valence-electron chi connectivity index (χ0n) is 25.5. The third-order valence-corrected chi connectivity index (χ3v) is 8.29. The molecule has 1 fully saturated rings. The zero-order valence-corrected chi connectivity index (χ0v) is 26.4. The van der Waals surface area contributed by atoms with E-state index in [9.17, 15) is 23.7 Å². The van der Waals surface area contributed by atoms with Crippen LogP contribution in [-0.2, 0) is 39.4 Å². The third kappa shape index (κ3) is 8.91. The number of aromatic amines is 1. The van der Waals surface area contributed by atoms with E-state index in [1.54, 1.807) is 62.4 Å². The van der Waals surface area contributed by atoms with E-state index in [4.69, 9.17) is 28.0 Å². The van der Waals surface area contributed by atoms with Gasteiger partial charge in [0, 0.05) is 12.3 Å². The van der Waals surface area contributed by atoms with Crippen molar-refractivity contribution in [2.24, 2.45) is 0 Å².